The van der Waals surface area contributed by atoms with Crippen LogP contribution in [0.3, 0.4) is 0 Å². The van der Waals surface area contributed by atoms with E-state index in [0.717, 1.165) is 16.7 Å². The van der Waals surface area contributed by atoms with E-state index in [-0.39, 0.29) is 12.5 Å². The van der Waals surface area contributed by atoms with E-state index in [4.69, 9.17) is 4.74 Å². The molecular formula is C29H28N4O3. The summed E-state index contributed by atoms with van der Waals surface area (Å²) < 4.78 is 5.28. The third-order valence-corrected chi connectivity index (χ3v) is 5.22. The highest BCUT2D eigenvalue weighted by Crippen LogP contribution is 2.25. The minimum absolute atomic E-state index is 0.254. The number of benzene rings is 3. The molecule has 0 saturated heterocycles. The Kier molecular flexibility index (Phi) is 8.43. The Morgan fingerprint density at radius 2 is 1.67 bits per heavy atom. The van der Waals surface area contributed by atoms with Crippen molar-refractivity contribution in [1.29, 1.82) is 10.5 Å². The third-order valence-electron chi connectivity index (χ3n) is 5.22. The average molecular weight is 481 g/mol. The van der Waals surface area contributed by atoms with Crippen LogP contribution >= 0.6 is 0 Å². The Balaban J connectivity index is 1.78. The Hall–Kier alpha value is -4.62. The van der Waals surface area contributed by atoms with E-state index in [2.05, 4.69) is 22.8 Å². The molecule has 3 aromatic rings. The second kappa shape index (κ2) is 11.7. The summed E-state index contributed by atoms with van der Waals surface area (Å²) in [6.07, 6.45) is 0.300. The van der Waals surface area contributed by atoms with Gasteiger partial charge < -0.3 is 15.4 Å². The first kappa shape index (κ1) is 26.0. The zero-order valence-electron chi connectivity index (χ0n) is 20.5. The molecule has 36 heavy (non-hydrogen) atoms. The molecule has 7 nitrogen and oxygen atoms in total. The number of hydrogen-bond acceptors (Lipinski definition) is 6. The Labute approximate surface area is 211 Å². The zero-order chi connectivity index (χ0) is 26.1. The summed E-state index contributed by atoms with van der Waals surface area (Å²) in [5.41, 5.74) is 3.64. The van der Waals surface area contributed by atoms with Crippen LogP contribution in [0.4, 0.5) is 5.69 Å². The summed E-state index contributed by atoms with van der Waals surface area (Å²) in [6.45, 7) is 5.03. The van der Waals surface area contributed by atoms with Crippen molar-refractivity contribution in [2.24, 2.45) is 0 Å². The van der Waals surface area contributed by atoms with Crippen molar-refractivity contribution in [2.75, 3.05) is 11.9 Å². The first-order chi connectivity index (χ1) is 17.2. The first-order valence-corrected chi connectivity index (χ1v) is 11.5. The third kappa shape index (κ3) is 7.44. The number of anilines is 1. The van der Waals surface area contributed by atoms with E-state index in [9.17, 15) is 20.1 Å². The summed E-state index contributed by atoms with van der Waals surface area (Å²) in [5, 5.41) is 24.5. The van der Waals surface area contributed by atoms with Crippen molar-refractivity contribution in [3.63, 3.8) is 0 Å². The van der Waals surface area contributed by atoms with Crippen molar-refractivity contribution in [3.8, 4) is 23.3 Å². The topological polar surface area (TPSA) is 115 Å². The van der Waals surface area contributed by atoms with Gasteiger partial charge in [0.05, 0.1) is 23.3 Å². The molecule has 3 aromatic carbocycles. The van der Waals surface area contributed by atoms with Crippen LogP contribution in [0.2, 0.25) is 0 Å². The molecule has 0 aliphatic rings. The normalized spacial score (nSPS) is 11.5. The predicted molar refractivity (Wildman–Crippen MR) is 138 cm³/mol. The van der Waals surface area contributed by atoms with Crippen LogP contribution in [-0.2, 0) is 20.7 Å². The van der Waals surface area contributed by atoms with Crippen LogP contribution in [0.1, 0.15) is 37.5 Å². The fraction of sp³-hybridized carbons (Fsp3) is 0.241. The number of nitrogens with one attached hydrogen (secondary N) is 2. The molecule has 0 aliphatic heterocycles. The highest BCUT2D eigenvalue weighted by Gasteiger charge is 2.22. The number of nitrogens with zero attached hydrogens (tertiary/aromatic N) is 2. The molecule has 0 radical (unpaired) electrons. The van der Waals surface area contributed by atoms with Gasteiger partial charge in [-0.15, -0.1) is 0 Å². The fourth-order valence-corrected chi connectivity index (χ4v) is 3.65. The average Bonchev–Trinajstić information content (AvgIpc) is 2.86. The number of hydrogen-bond donors (Lipinski definition) is 2. The quantitative estimate of drug-likeness (QED) is 0.456. The summed E-state index contributed by atoms with van der Waals surface area (Å²) in [5.74, 6) is -0.899. The smallest absolute Gasteiger partial charge is 0.325 e. The SMILES string of the molecule is CC(C)(C)OC(=O)CNC(=O)[C@H](Cc1cccc(C#N)c1)Nc1ccc(-c2ccccc2C#N)cc1. The molecule has 0 aromatic heterocycles. The van der Waals surface area contributed by atoms with E-state index in [0.29, 0.717) is 23.2 Å². The van der Waals surface area contributed by atoms with Crippen molar-refractivity contribution < 1.29 is 14.3 Å². The van der Waals surface area contributed by atoms with E-state index < -0.39 is 17.6 Å². The van der Waals surface area contributed by atoms with Gasteiger partial charge in [0, 0.05) is 12.1 Å². The number of rotatable bonds is 8. The molecule has 0 spiro atoms. The van der Waals surface area contributed by atoms with Crippen LogP contribution in [0.5, 0.6) is 0 Å². The van der Waals surface area contributed by atoms with Gasteiger partial charge in [-0.1, -0.05) is 42.5 Å². The van der Waals surface area contributed by atoms with Gasteiger partial charge >= 0.3 is 5.97 Å². The van der Waals surface area contributed by atoms with Crippen molar-refractivity contribution in [2.45, 2.75) is 38.8 Å². The van der Waals surface area contributed by atoms with Gasteiger partial charge in [0.1, 0.15) is 18.2 Å². The predicted octanol–water partition coefficient (Wildman–Crippen LogP) is 4.58. The summed E-state index contributed by atoms with van der Waals surface area (Å²) in [4.78, 5) is 25.2. The fourth-order valence-electron chi connectivity index (χ4n) is 3.65. The van der Waals surface area contributed by atoms with E-state index in [1.165, 1.54) is 0 Å². The Morgan fingerprint density at radius 3 is 2.33 bits per heavy atom. The van der Waals surface area contributed by atoms with Crippen LogP contribution in [-0.4, -0.2) is 30.1 Å². The lowest BCUT2D eigenvalue weighted by Gasteiger charge is -2.22. The van der Waals surface area contributed by atoms with Gasteiger partial charge in [-0.3, -0.25) is 9.59 Å². The lowest BCUT2D eigenvalue weighted by molar-refractivity contribution is -0.154. The molecule has 1 atom stereocenters. The maximum Gasteiger partial charge on any atom is 0.325 e. The number of ether oxygens (including phenoxy) is 1. The van der Waals surface area contributed by atoms with Gasteiger partial charge in [-0.2, -0.15) is 10.5 Å². The first-order valence-electron chi connectivity index (χ1n) is 11.5. The second-order valence-electron chi connectivity index (χ2n) is 9.25. The molecule has 2 N–H and O–H groups in total. The number of nitriles is 2. The standard InChI is InChI=1S/C29H28N4O3/c1-29(2,3)36-27(34)19-32-28(35)26(16-20-7-6-8-21(15-20)17-30)33-24-13-11-22(12-14-24)25-10-5-4-9-23(25)18-31/h4-15,26,33H,16,19H2,1-3H3,(H,32,35)/t26-/m0/s1. The van der Waals surface area contributed by atoms with Crippen LogP contribution in [0.15, 0.2) is 72.8 Å². The van der Waals surface area contributed by atoms with Gasteiger partial charge in [0.15, 0.2) is 0 Å². The van der Waals surface area contributed by atoms with Gasteiger partial charge in [0.2, 0.25) is 5.91 Å². The summed E-state index contributed by atoms with van der Waals surface area (Å²) >= 11 is 0. The number of carbonyl (C=O) groups excluding carboxylic acids is 2. The molecule has 1 amide bonds. The minimum Gasteiger partial charge on any atom is -0.459 e. The largest absolute Gasteiger partial charge is 0.459 e. The van der Waals surface area contributed by atoms with Crippen molar-refractivity contribution in [3.05, 3.63) is 89.5 Å². The molecule has 182 valence electrons. The van der Waals surface area contributed by atoms with Gasteiger partial charge in [-0.25, -0.2) is 0 Å². The maximum absolute atomic E-state index is 13.1. The number of esters is 1. The molecule has 0 unspecified atom stereocenters. The minimum atomic E-state index is -0.710. The number of carbonyl (C=O) groups is 2. The molecule has 0 fully saturated rings. The Morgan fingerprint density at radius 1 is 0.944 bits per heavy atom. The van der Waals surface area contributed by atoms with Crippen LogP contribution in [0.25, 0.3) is 11.1 Å². The summed E-state index contributed by atoms with van der Waals surface area (Å²) in [6, 6.07) is 25.4. The van der Waals surface area contributed by atoms with Gasteiger partial charge in [-0.05, 0) is 67.8 Å². The molecule has 3 rings (SSSR count). The van der Waals surface area contributed by atoms with E-state index in [1.54, 1.807) is 45.0 Å². The molecule has 0 aliphatic carbocycles. The van der Waals surface area contributed by atoms with Crippen LogP contribution < -0.4 is 10.6 Å². The highest BCUT2D eigenvalue weighted by molar-refractivity contribution is 5.88. The van der Waals surface area contributed by atoms with Crippen molar-refractivity contribution >= 4 is 17.6 Å². The molecule has 7 heteroatoms. The highest BCUT2D eigenvalue weighted by atomic mass is 16.6. The maximum atomic E-state index is 13.1. The molecule has 0 bridgehead atoms. The number of amides is 1. The van der Waals surface area contributed by atoms with Crippen LogP contribution in [0, 0.1) is 22.7 Å². The lowest BCUT2D eigenvalue weighted by Crippen LogP contribution is -2.44. The van der Waals surface area contributed by atoms with Crippen molar-refractivity contribution in [1.82, 2.24) is 5.32 Å². The summed E-state index contributed by atoms with van der Waals surface area (Å²) in [7, 11) is 0. The monoisotopic (exact) mass is 480 g/mol. The van der Waals surface area contributed by atoms with Gasteiger partial charge in [0.25, 0.3) is 0 Å². The second-order valence-corrected chi connectivity index (χ2v) is 9.25. The lowest BCUT2D eigenvalue weighted by atomic mass is 9.99. The molecule has 0 saturated carbocycles. The molecule has 0 heterocycles. The zero-order valence-corrected chi connectivity index (χ0v) is 20.5. The van der Waals surface area contributed by atoms with E-state index in [1.807, 2.05) is 48.5 Å². The molecular weight excluding hydrogens is 452 g/mol. The van der Waals surface area contributed by atoms with E-state index >= 15 is 0 Å². The Bertz CT molecular complexity index is 1310.